The minimum absolute atomic E-state index is 0.770. The van der Waals surface area contributed by atoms with Crippen LogP contribution in [0.5, 0.6) is 0 Å². The van der Waals surface area contributed by atoms with E-state index in [1.165, 1.54) is 68.1 Å². The zero-order valence-corrected chi connectivity index (χ0v) is 15.6. The van der Waals surface area contributed by atoms with Gasteiger partial charge in [-0.1, -0.05) is 42.4 Å². The topological polar surface area (TPSA) is 0 Å². The lowest BCUT2D eigenvalue weighted by atomic mass is 9.67. The van der Waals surface area contributed by atoms with Gasteiger partial charge in [-0.2, -0.15) is 0 Å². The van der Waals surface area contributed by atoms with Crippen LogP contribution in [0.3, 0.4) is 0 Å². The van der Waals surface area contributed by atoms with Crippen LogP contribution in [0.1, 0.15) is 86.5 Å². The van der Waals surface area contributed by atoms with E-state index in [2.05, 4.69) is 33.8 Å². The normalized spacial score (nSPS) is 32.0. The Balaban J connectivity index is 1.65. The van der Waals surface area contributed by atoms with Crippen LogP contribution in [-0.4, -0.2) is 7.85 Å². The van der Waals surface area contributed by atoms with Crippen LogP contribution in [0, 0.1) is 38.5 Å². The molecule has 124 valence electrons. The van der Waals surface area contributed by atoms with Crippen LogP contribution in [0.4, 0.5) is 0 Å². The molecule has 2 radical (unpaired) electrons. The third-order valence-corrected chi connectivity index (χ3v) is 7.14. The zero-order chi connectivity index (χ0) is 16.6. The lowest BCUT2D eigenvalue weighted by Gasteiger charge is -2.38. The molecule has 0 aliphatic heterocycles. The van der Waals surface area contributed by atoms with Gasteiger partial charge in [-0.25, -0.2) is 0 Å². The molecule has 0 aromatic heterocycles. The van der Waals surface area contributed by atoms with Gasteiger partial charge >= 0.3 is 0 Å². The van der Waals surface area contributed by atoms with Gasteiger partial charge in [0.2, 0.25) is 0 Å². The summed E-state index contributed by atoms with van der Waals surface area (Å²) in [6.07, 6.45) is 11.6. The number of rotatable bonds is 2. The van der Waals surface area contributed by atoms with Gasteiger partial charge in [-0.3, -0.25) is 0 Å². The van der Waals surface area contributed by atoms with Crippen molar-refractivity contribution in [3.8, 4) is 0 Å². The Labute approximate surface area is 144 Å². The molecule has 2 fully saturated rings. The smallest absolute Gasteiger partial charge is 0.0907 e. The molecule has 1 aromatic rings. The van der Waals surface area contributed by atoms with Gasteiger partial charge < -0.3 is 0 Å². The van der Waals surface area contributed by atoms with Crippen molar-refractivity contribution in [2.75, 3.05) is 0 Å². The Morgan fingerprint density at radius 1 is 0.783 bits per heavy atom. The van der Waals surface area contributed by atoms with Crippen LogP contribution in [-0.2, 0) is 0 Å². The van der Waals surface area contributed by atoms with E-state index in [-0.39, 0.29) is 0 Å². The van der Waals surface area contributed by atoms with Crippen molar-refractivity contribution in [3.05, 3.63) is 28.3 Å². The largest absolute Gasteiger partial charge is 0.114 e. The summed E-state index contributed by atoms with van der Waals surface area (Å²) in [6, 6.07) is 2.38. The van der Waals surface area contributed by atoms with Crippen LogP contribution in [0.25, 0.3) is 0 Å². The second-order valence-electron chi connectivity index (χ2n) is 8.58. The maximum Gasteiger partial charge on any atom is 0.114 e. The van der Waals surface area contributed by atoms with Gasteiger partial charge in [-0.05, 0) is 94.1 Å². The fourth-order valence-corrected chi connectivity index (χ4v) is 5.22. The van der Waals surface area contributed by atoms with Crippen molar-refractivity contribution in [1.29, 1.82) is 0 Å². The Kier molecular flexibility index (Phi) is 5.24. The second-order valence-corrected chi connectivity index (χ2v) is 8.58. The van der Waals surface area contributed by atoms with Gasteiger partial charge in [0, 0.05) is 0 Å². The molecule has 0 N–H and O–H groups in total. The first-order valence-electron chi connectivity index (χ1n) is 9.83. The van der Waals surface area contributed by atoms with Gasteiger partial charge in [0.25, 0.3) is 0 Å². The van der Waals surface area contributed by atoms with Crippen molar-refractivity contribution in [1.82, 2.24) is 0 Å². The van der Waals surface area contributed by atoms with E-state index in [4.69, 9.17) is 7.85 Å². The van der Waals surface area contributed by atoms with Gasteiger partial charge in [0.15, 0.2) is 0 Å². The lowest BCUT2D eigenvalue weighted by molar-refractivity contribution is 0.165. The molecule has 0 spiro atoms. The molecule has 1 aromatic carbocycles. The zero-order valence-electron chi connectivity index (χ0n) is 15.6. The molecule has 0 unspecified atom stereocenters. The van der Waals surface area contributed by atoms with E-state index in [0.717, 1.165) is 29.1 Å². The molecule has 0 bridgehead atoms. The molecular formula is C22H33B. The summed E-state index contributed by atoms with van der Waals surface area (Å²) < 4.78 is 0. The molecule has 0 saturated heterocycles. The van der Waals surface area contributed by atoms with Crippen molar-refractivity contribution in [2.24, 2.45) is 17.8 Å². The summed E-state index contributed by atoms with van der Waals surface area (Å²) in [4.78, 5) is 0. The summed E-state index contributed by atoms with van der Waals surface area (Å²) in [6.45, 7) is 9.06. The first-order valence-corrected chi connectivity index (χ1v) is 9.83. The highest BCUT2D eigenvalue weighted by Crippen LogP contribution is 2.44. The molecule has 2 aliphatic rings. The monoisotopic (exact) mass is 308 g/mol. The number of aryl methyl sites for hydroxylation is 1. The third kappa shape index (κ3) is 3.54. The number of hydrogen-bond donors (Lipinski definition) is 0. The minimum Gasteiger partial charge on any atom is -0.0907 e. The SMILES string of the molecule is [B]c1c(C)cc(C2CCC(C3CCC(C)CC3)CC2)c(C)c1C. The van der Waals surface area contributed by atoms with Crippen LogP contribution >= 0.6 is 0 Å². The molecule has 2 saturated carbocycles. The predicted molar refractivity (Wildman–Crippen MR) is 102 cm³/mol. The molecule has 1 heteroatoms. The van der Waals surface area contributed by atoms with Crippen molar-refractivity contribution in [3.63, 3.8) is 0 Å². The van der Waals surface area contributed by atoms with Crippen LogP contribution < -0.4 is 5.46 Å². The second kappa shape index (κ2) is 7.03. The lowest BCUT2D eigenvalue weighted by Crippen LogP contribution is -2.25. The van der Waals surface area contributed by atoms with E-state index in [9.17, 15) is 0 Å². The molecular weight excluding hydrogens is 275 g/mol. The maximum atomic E-state index is 6.21. The molecule has 0 nitrogen and oxygen atoms in total. The summed E-state index contributed by atoms with van der Waals surface area (Å²) in [5, 5.41) is 0. The molecule has 0 atom stereocenters. The number of hydrogen-bond acceptors (Lipinski definition) is 0. The summed E-state index contributed by atoms with van der Waals surface area (Å²) in [7, 11) is 6.21. The Hall–Kier alpha value is -0.715. The third-order valence-electron chi connectivity index (χ3n) is 7.14. The van der Waals surface area contributed by atoms with Gasteiger partial charge in [0.05, 0.1) is 0 Å². The molecule has 3 rings (SSSR count). The molecule has 2 aliphatic carbocycles. The fraction of sp³-hybridized carbons (Fsp3) is 0.727. The Morgan fingerprint density at radius 2 is 1.30 bits per heavy atom. The highest BCUT2D eigenvalue weighted by molar-refractivity contribution is 6.34. The standard InChI is InChI=1S/C22H33B/c1-14-5-7-18(8-6-14)19-9-11-20(12-10-19)21-13-15(2)22(23)17(4)16(21)3/h13-14,18-20H,5-12H2,1-4H3. The van der Waals surface area contributed by atoms with Crippen LogP contribution in [0.15, 0.2) is 6.07 Å². The minimum atomic E-state index is 0.770. The summed E-state index contributed by atoms with van der Waals surface area (Å²) in [5.74, 6) is 3.79. The highest BCUT2D eigenvalue weighted by atomic mass is 14.4. The predicted octanol–water partition coefficient (Wildman–Crippen LogP) is 5.51. The van der Waals surface area contributed by atoms with E-state index < -0.39 is 0 Å². The summed E-state index contributed by atoms with van der Waals surface area (Å²) >= 11 is 0. The van der Waals surface area contributed by atoms with Crippen LogP contribution in [0.2, 0.25) is 0 Å². The molecule has 23 heavy (non-hydrogen) atoms. The van der Waals surface area contributed by atoms with E-state index in [1.807, 2.05) is 0 Å². The quantitative estimate of drug-likeness (QED) is 0.632. The van der Waals surface area contributed by atoms with E-state index in [0.29, 0.717) is 0 Å². The van der Waals surface area contributed by atoms with Gasteiger partial charge in [-0.15, -0.1) is 0 Å². The maximum absolute atomic E-state index is 6.21. The number of benzene rings is 1. The fourth-order valence-electron chi connectivity index (χ4n) is 5.22. The Morgan fingerprint density at radius 3 is 1.87 bits per heavy atom. The average Bonchev–Trinajstić information content (AvgIpc) is 2.57. The first kappa shape index (κ1) is 17.1. The molecule has 0 amide bonds. The van der Waals surface area contributed by atoms with E-state index >= 15 is 0 Å². The molecule has 0 heterocycles. The van der Waals surface area contributed by atoms with E-state index in [1.54, 1.807) is 5.56 Å². The Bertz CT molecular complexity index is 544. The van der Waals surface area contributed by atoms with Crippen molar-refractivity contribution >= 4 is 13.3 Å². The average molecular weight is 308 g/mol. The van der Waals surface area contributed by atoms with Gasteiger partial charge in [0.1, 0.15) is 7.85 Å². The summed E-state index contributed by atoms with van der Waals surface area (Å²) in [5.41, 5.74) is 6.61. The first-order chi connectivity index (χ1) is 11.0. The van der Waals surface area contributed by atoms with Crippen molar-refractivity contribution < 1.29 is 0 Å². The van der Waals surface area contributed by atoms with Crippen molar-refractivity contribution in [2.45, 2.75) is 85.0 Å². The highest BCUT2D eigenvalue weighted by Gasteiger charge is 2.31.